The number of hydrogen-bond donors (Lipinski definition) is 0. The number of amides is 1. The molecule has 0 aliphatic heterocycles. The molecule has 0 aliphatic rings. The third-order valence-electron chi connectivity index (χ3n) is 2.53. The van der Waals surface area contributed by atoms with E-state index in [-0.39, 0.29) is 5.91 Å². The molecule has 3 nitrogen and oxygen atoms in total. The van der Waals surface area contributed by atoms with Crippen LogP contribution in [-0.2, 0) is 0 Å². The molecule has 0 N–H and O–H groups in total. The van der Waals surface area contributed by atoms with Crippen LogP contribution in [0.5, 0.6) is 5.75 Å². The van der Waals surface area contributed by atoms with Gasteiger partial charge in [0.2, 0.25) is 0 Å². The van der Waals surface area contributed by atoms with Crippen molar-refractivity contribution in [3.05, 3.63) is 40.4 Å². The third kappa shape index (κ3) is 3.60. The highest BCUT2D eigenvalue weighted by Gasteiger charge is 2.17. The Hall–Kier alpha value is -1.29. The largest absolute Gasteiger partial charge is 0.497 e. The molecule has 0 unspecified atom stereocenters. The van der Waals surface area contributed by atoms with Crippen LogP contribution in [0.3, 0.4) is 0 Å². The molecule has 0 bridgehead atoms. The van der Waals surface area contributed by atoms with Crippen LogP contribution in [0, 0.1) is 0 Å². The minimum absolute atomic E-state index is 0.0220. The molecular formula is C14H18BrNO2. The van der Waals surface area contributed by atoms with Gasteiger partial charge in [-0.15, -0.1) is 0 Å². The number of rotatable bonds is 5. The fourth-order valence-corrected chi connectivity index (χ4v) is 2.03. The molecule has 0 saturated heterocycles. The molecule has 0 atom stereocenters. The summed E-state index contributed by atoms with van der Waals surface area (Å²) in [6.07, 6.45) is 0. The van der Waals surface area contributed by atoms with Gasteiger partial charge in [-0.1, -0.05) is 12.2 Å². The van der Waals surface area contributed by atoms with Crippen molar-refractivity contribution >= 4 is 21.8 Å². The zero-order valence-corrected chi connectivity index (χ0v) is 12.6. The highest BCUT2D eigenvalue weighted by atomic mass is 79.9. The topological polar surface area (TPSA) is 29.5 Å². The SMILES string of the molecule is C=C(C)CN(CC)C(=O)c1cc(OC)ccc1Br. The van der Waals surface area contributed by atoms with Crippen molar-refractivity contribution in [2.24, 2.45) is 0 Å². The lowest BCUT2D eigenvalue weighted by atomic mass is 10.1. The Morgan fingerprint density at radius 1 is 1.50 bits per heavy atom. The molecule has 1 rings (SSSR count). The van der Waals surface area contributed by atoms with E-state index in [9.17, 15) is 4.79 Å². The number of halogens is 1. The lowest BCUT2D eigenvalue weighted by molar-refractivity contribution is 0.0777. The lowest BCUT2D eigenvalue weighted by Crippen LogP contribution is -2.32. The van der Waals surface area contributed by atoms with Gasteiger partial charge in [0.1, 0.15) is 5.75 Å². The van der Waals surface area contributed by atoms with Gasteiger partial charge in [0.05, 0.1) is 12.7 Å². The summed E-state index contributed by atoms with van der Waals surface area (Å²) in [4.78, 5) is 14.2. The van der Waals surface area contributed by atoms with E-state index >= 15 is 0 Å². The van der Waals surface area contributed by atoms with E-state index in [4.69, 9.17) is 4.74 Å². The van der Waals surface area contributed by atoms with Crippen LogP contribution in [-0.4, -0.2) is 31.0 Å². The van der Waals surface area contributed by atoms with E-state index in [0.717, 1.165) is 10.0 Å². The van der Waals surface area contributed by atoms with Gasteiger partial charge in [-0.3, -0.25) is 4.79 Å². The summed E-state index contributed by atoms with van der Waals surface area (Å²) in [5.74, 6) is 0.652. The van der Waals surface area contributed by atoms with Crippen LogP contribution < -0.4 is 4.74 Å². The molecule has 1 aromatic rings. The second kappa shape index (κ2) is 6.59. The molecule has 98 valence electrons. The zero-order chi connectivity index (χ0) is 13.7. The number of carbonyl (C=O) groups is 1. The first kappa shape index (κ1) is 14.8. The summed E-state index contributed by atoms with van der Waals surface area (Å²) in [7, 11) is 1.59. The summed E-state index contributed by atoms with van der Waals surface area (Å²) in [5.41, 5.74) is 1.57. The predicted molar refractivity (Wildman–Crippen MR) is 77.1 cm³/mol. The number of ether oxygens (including phenoxy) is 1. The van der Waals surface area contributed by atoms with Gasteiger partial charge in [-0.25, -0.2) is 0 Å². The van der Waals surface area contributed by atoms with Gasteiger partial charge in [-0.2, -0.15) is 0 Å². The monoisotopic (exact) mass is 311 g/mol. The average molecular weight is 312 g/mol. The maximum absolute atomic E-state index is 12.4. The first-order chi connectivity index (χ1) is 8.49. The standard InChI is InChI=1S/C14H18BrNO2/c1-5-16(9-10(2)3)14(17)12-8-11(18-4)6-7-13(12)15/h6-8H,2,5,9H2,1,3-4H3. The van der Waals surface area contributed by atoms with E-state index in [1.54, 1.807) is 18.1 Å². The Balaban J connectivity index is 3.04. The van der Waals surface area contributed by atoms with Crippen molar-refractivity contribution in [2.45, 2.75) is 13.8 Å². The minimum atomic E-state index is -0.0220. The Kier molecular flexibility index (Phi) is 5.41. The zero-order valence-electron chi connectivity index (χ0n) is 11.0. The molecule has 0 heterocycles. The molecule has 0 aromatic heterocycles. The fraction of sp³-hybridized carbons (Fsp3) is 0.357. The second-order valence-corrected chi connectivity index (χ2v) is 4.98. The summed E-state index contributed by atoms with van der Waals surface area (Å²) in [6.45, 7) is 8.93. The first-order valence-corrected chi connectivity index (χ1v) is 6.56. The van der Waals surface area contributed by atoms with Gasteiger partial charge < -0.3 is 9.64 Å². The number of benzene rings is 1. The Morgan fingerprint density at radius 3 is 2.67 bits per heavy atom. The predicted octanol–water partition coefficient (Wildman–Crippen LogP) is 3.50. The molecular weight excluding hydrogens is 294 g/mol. The molecule has 0 saturated carbocycles. The van der Waals surface area contributed by atoms with Gasteiger partial charge in [0, 0.05) is 17.6 Å². The smallest absolute Gasteiger partial charge is 0.255 e. The molecule has 4 heteroatoms. The first-order valence-electron chi connectivity index (χ1n) is 5.76. The van der Waals surface area contributed by atoms with E-state index in [1.807, 2.05) is 26.0 Å². The van der Waals surface area contributed by atoms with Crippen LogP contribution in [0.4, 0.5) is 0 Å². The van der Waals surface area contributed by atoms with E-state index in [1.165, 1.54) is 0 Å². The van der Waals surface area contributed by atoms with Crippen LogP contribution in [0.2, 0.25) is 0 Å². The summed E-state index contributed by atoms with van der Waals surface area (Å²) < 4.78 is 5.92. The maximum atomic E-state index is 12.4. The molecule has 0 aliphatic carbocycles. The van der Waals surface area contributed by atoms with Gasteiger partial charge >= 0.3 is 0 Å². The minimum Gasteiger partial charge on any atom is -0.497 e. The van der Waals surface area contributed by atoms with Crippen molar-refractivity contribution in [3.63, 3.8) is 0 Å². The summed E-state index contributed by atoms with van der Waals surface area (Å²) >= 11 is 3.40. The van der Waals surface area contributed by atoms with E-state index < -0.39 is 0 Å². The normalized spacial score (nSPS) is 10.0. The van der Waals surface area contributed by atoms with Gasteiger partial charge in [0.15, 0.2) is 0 Å². The van der Waals surface area contributed by atoms with E-state index in [0.29, 0.717) is 24.4 Å². The van der Waals surface area contributed by atoms with Crippen LogP contribution in [0.15, 0.2) is 34.8 Å². The summed E-state index contributed by atoms with van der Waals surface area (Å²) in [5, 5.41) is 0. The Morgan fingerprint density at radius 2 is 2.17 bits per heavy atom. The van der Waals surface area contributed by atoms with Gasteiger partial charge in [-0.05, 0) is 48.0 Å². The summed E-state index contributed by atoms with van der Waals surface area (Å²) in [6, 6.07) is 5.38. The number of nitrogens with zero attached hydrogens (tertiary/aromatic N) is 1. The number of carbonyl (C=O) groups excluding carboxylic acids is 1. The highest BCUT2D eigenvalue weighted by molar-refractivity contribution is 9.10. The number of hydrogen-bond acceptors (Lipinski definition) is 2. The maximum Gasteiger partial charge on any atom is 0.255 e. The molecule has 1 amide bonds. The molecule has 0 radical (unpaired) electrons. The lowest BCUT2D eigenvalue weighted by Gasteiger charge is -2.21. The van der Waals surface area contributed by atoms with Crippen LogP contribution >= 0.6 is 15.9 Å². The highest BCUT2D eigenvalue weighted by Crippen LogP contribution is 2.24. The van der Waals surface area contributed by atoms with Crippen molar-refractivity contribution in [1.29, 1.82) is 0 Å². The fourth-order valence-electron chi connectivity index (χ4n) is 1.62. The average Bonchev–Trinajstić information content (AvgIpc) is 2.35. The third-order valence-corrected chi connectivity index (χ3v) is 3.23. The number of likely N-dealkylation sites (N-methyl/N-ethyl adjacent to an activating group) is 1. The second-order valence-electron chi connectivity index (χ2n) is 4.12. The number of methoxy groups -OCH3 is 1. The Labute approximate surface area is 117 Å². The van der Waals surface area contributed by atoms with Crippen molar-refractivity contribution < 1.29 is 9.53 Å². The van der Waals surface area contributed by atoms with E-state index in [2.05, 4.69) is 22.5 Å². The van der Waals surface area contributed by atoms with Crippen molar-refractivity contribution in [1.82, 2.24) is 4.90 Å². The molecule has 0 spiro atoms. The Bertz CT molecular complexity index is 457. The van der Waals surface area contributed by atoms with Gasteiger partial charge in [0.25, 0.3) is 5.91 Å². The van der Waals surface area contributed by atoms with Crippen molar-refractivity contribution in [2.75, 3.05) is 20.2 Å². The van der Waals surface area contributed by atoms with Crippen molar-refractivity contribution in [3.8, 4) is 5.75 Å². The molecule has 0 fully saturated rings. The quantitative estimate of drug-likeness (QED) is 0.779. The molecule has 1 aromatic carbocycles. The van der Waals surface area contributed by atoms with Crippen LogP contribution in [0.25, 0.3) is 0 Å². The molecule has 18 heavy (non-hydrogen) atoms. The van der Waals surface area contributed by atoms with Crippen LogP contribution in [0.1, 0.15) is 24.2 Å².